The van der Waals surface area contributed by atoms with E-state index in [0.29, 0.717) is 24.1 Å². The molecule has 98 valence electrons. The van der Waals surface area contributed by atoms with Crippen LogP contribution >= 0.6 is 11.3 Å². The molecule has 0 saturated carbocycles. The van der Waals surface area contributed by atoms with Crippen molar-refractivity contribution in [3.05, 3.63) is 52.2 Å². The minimum absolute atomic E-state index is 0.123. The van der Waals surface area contributed by atoms with Crippen molar-refractivity contribution in [2.24, 2.45) is 5.73 Å². The molecular weight excluding hydrogens is 260 g/mol. The Morgan fingerprint density at radius 3 is 2.63 bits per heavy atom. The van der Waals surface area contributed by atoms with Crippen molar-refractivity contribution in [2.45, 2.75) is 12.8 Å². The second-order valence-corrected chi connectivity index (χ2v) is 5.07. The molecule has 2 rings (SSSR count). The number of benzene rings is 1. The van der Waals surface area contributed by atoms with Crippen molar-refractivity contribution in [1.82, 2.24) is 0 Å². The van der Waals surface area contributed by atoms with Crippen LogP contribution in [0, 0.1) is 0 Å². The standard InChI is InChI=1S/C14H14N2O2S/c15-14(18)11-5-1-2-6-12(11)16-13(17)8-7-10-4-3-9-19-10/h1-6,9H,7-8H2,(H2,15,18)(H,16,17). The van der Waals surface area contributed by atoms with Gasteiger partial charge in [0.2, 0.25) is 5.91 Å². The lowest BCUT2D eigenvalue weighted by molar-refractivity contribution is -0.116. The van der Waals surface area contributed by atoms with Gasteiger partial charge in [-0.2, -0.15) is 0 Å². The summed E-state index contributed by atoms with van der Waals surface area (Å²) in [5, 5.41) is 4.70. The van der Waals surface area contributed by atoms with Crippen LogP contribution < -0.4 is 11.1 Å². The van der Waals surface area contributed by atoms with E-state index < -0.39 is 5.91 Å². The van der Waals surface area contributed by atoms with Crippen LogP contribution in [0.2, 0.25) is 0 Å². The Bertz CT molecular complexity index is 579. The quantitative estimate of drug-likeness (QED) is 0.878. The molecule has 2 amide bonds. The molecule has 0 aliphatic heterocycles. The van der Waals surface area contributed by atoms with Gasteiger partial charge in [-0.25, -0.2) is 0 Å². The molecular formula is C14H14N2O2S. The van der Waals surface area contributed by atoms with Crippen molar-refractivity contribution in [3.63, 3.8) is 0 Å². The zero-order valence-corrected chi connectivity index (χ0v) is 11.1. The number of aryl methyl sites for hydroxylation is 1. The molecule has 0 aliphatic carbocycles. The van der Waals surface area contributed by atoms with Crippen LogP contribution in [0.4, 0.5) is 5.69 Å². The van der Waals surface area contributed by atoms with E-state index in [2.05, 4.69) is 5.32 Å². The summed E-state index contributed by atoms with van der Waals surface area (Å²) in [6, 6.07) is 10.7. The normalized spacial score (nSPS) is 10.1. The molecule has 1 aromatic carbocycles. The third-order valence-corrected chi connectivity index (χ3v) is 3.58. The number of primary amides is 1. The van der Waals surface area contributed by atoms with Crippen molar-refractivity contribution in [1.29, 1.82) is 0 Å². The third-order valence-electron chi connectivity index (χ3n) is 2.65. The van der Waals surface area contributed by atoms with Crippen LogP contribution in [-0.2, 0) is 11.2 Å². The molecule has 1 heterocycles. The summed E-state index contributed by atoms with van der Waals surface area (Å²) in [6.07, 6.45) is 1.08. The van der Waals surface area contributed by atoms with Crippen LogP contribution in [0.25, 0.3) is 0 Å². The van der Waals surface area contributed by atoms with E-state index in [9.17, 15) is 9.59 Å². The van der Waals surface area contributed by atoms with Gasteiger partial charge in [-0.05, 0) is 30.0 Å². The zero-order chi connectivity index (χ0) is 13.7. The van der Waals surface area contributed by atoms with Gasteiger partial charge in [-0.3, -0.25) is 9.59 Å². The van der Waals surface area contributed by atoms with Crippen LogP contribution in [0.3, 0.4) is 0 Å². The number of para-hydroxylation sites is 1. The molecule has 0 fully saturated rings. The van der Waals surface area contributed by atoms with Gasteiger partial charge in [-0.15, -0.1) is 11.3 Å². The fourth-order valence-electron chi connectivity index (χ4n) is 1.71. The number of hydrogen-bond donors (Lipinski definition) is 2. The molecule has 0 atom stereocenters. The lowest BCUT2D eigenvalue weighted by Crippen LogP contribution is -2.18. The molecule has 3 N–H and O–H groups in total. The number of carbonyl (C=O) groups excluding carboxylic acids is 2. The van der Waals surface area contributed by atoms with E-state index >= 15 is 0 Å². The van der Waals surface area contributed by atoms with Crippen LogP contribution in [0.15, 0.2) is 41.8 Å². The zero-order valence-electron chi connectivity index (χ0n) is 10.3. The summed E-state index contributed by atoms with van der Waals surface area (Å²) in [4.78, 5) is 24.2. The second kappa shape index (κ2) is 6.15. The Balaban J connectivity index is 1.97. The first-order chi connectivity index (χ1) is 9.16. The van der Waals surface area contributed by atoms with E-state index in [0.717, 1.165) is 0 Å². The molecule has 0 bridgehead atoms. The average Bonchev–Trinajstić information content (AvgIpc) is 2.90. The third kappa shape index (κ3) is 3.66. The number of carbonyl (C=O) groups is 2. The number of anilines is 1. The lowest BCUT2D eigenvalue weighted by atomic mass is 10.1. The van der Waals surface area contributed by atoms with Crippen LogP contribution in [0.5, 0.6) is 0 Å². The fraction of sp³-hybridized carbons (Fsp3) is 0.143. The Labute approximate surface area is 115 Å². The molecule has 1 aromatic heterocycles. The first-order valence-electron chi connectivity index (χ1n) is 5.88. The van der Waals surface area contributed by atoms with Gasteiger partial charge in [-0.1, -0.05) is 18.2 Å². The first kappa shape index (κ1) is 13.3. The largest absolute Gasteiger partial charge is 0.366 e. The average molecular weight is 274 g/mol. The van der Waals surface area contributed by atoms with Gasteiger partial charge in [0.25, 0.3) is 5.91 Å². The smallest absolute Gasteiger partial charge is 0.250 e. The highest BCUT2D eigenvalue weighted by molar-refractivity contribution is 7.09. The molecule has 4 nitrogen and oxygen atoms in total. The molecule has 2 aromatic rings. The molecule has 0 unspecified atom stereocenters. The Kier molecular flexibility index (Phi) is 4.30. The Hall–Kier alpha value is -2.14. The molecule has 0 saturated heterocycles. The summed E-state index contributed by atoms with van der Waals surface area (Å²) in [6.45, 7) is 0. The molecule has 5 heteroatoms. The maximum atomic E-state index is 11.8. The summed E-state index contributed by atoms with van der Waals surface area (Å²) >= 11 is 1.63. The van der Waals surface area contributed by atoms with Gasteiger partial charge in [0.1, 0.15) is 0 Å². The summed E-state index contributed by atoms with van der Waals surface area (Å²) in [5.41, 5.74) is 6.04. The van der Waals surface area contributed by atoms with E-state index in [-0.39, 0.29) is 5.91 Å². The highest BCUT2D eigenvalue weighted by Gasteiger charge is 2.10. The maximum Gasteiger partial charge on any atom is 0.250 e. The highest BCUT2D eigenvalue weighted by atomic mass is 32.1. The molecule has 0 spiro atoms. The monoisotopic (exact) mass is 274 g/mol. The Morgan fingerprint density at radius 2 is 1.95 bits per heavy atom. The highest BCUT2D eigenvalue weighted by Crippen LogP contribution is 2.16. The fourth-order valence-corrected chi connectivity index (χ4v) is 2.42. The van der Waals surface area contributed by atoms with Gasteiger partial charge < -0.3 is 11.1 Å². The number of nitrogens with two attached hydrogens (primary N) is 1. The predicted octanol–water partition coefficient (Wildman–Crippen LogP) is 2.42. The first-order valence-corrected chi connectivity index (χ1v) is 6.76. The van der Waals surface area contributed by atoms with Crippen molar-refractivity contribution in [3.8, 4) is 0 Å². The lowest BCUT2D eigenvalue weighted by Gasteiger charge is -2.08. The molecule has 19 heavy (non-hydrogen) atoms. The maximum absolute atomic E-state index is 11.8. The van der Waals surface area contributed by atoms with Crippen LogP contribution in [0.1, 0.15) is 21.7 Å². The van der Waals surface area contributed by atoms with Crippen molar-refractivity contribution >= 4 is 28.8 Å². The number of thiophene rings is 1. The Morgan fingerprint density at radius 1 is 1.16 bits per heavy atom. The molecule has 0 aliphatic rings. The van der Waals surface area contributed by atoms with E-state index in [1.54, 1.807) is 35.6 Å². The topological polar surface area (TPSA) is 72.2 Å². The summed E-state index contributed by atoms with van der Waals surface area (Å²) in [7, 11) is 0. The van der Waals surface area contributed by atoms with Gasteiger partial charge in [0.15, 0.2) is 0 Å². The number of rotatable bonds is 5. The van der Waals surface area contributed by atoms with E-state index in [4.69, 9.17) is 5.73 Å². The number of nitrogens with one attached hydrogen (secondary N) is 1. The molecule has 0 radical (unpaired) electrons. The minimum Gasteiger partial charge on any atom is -0.366 e. The second-order valence-electron chi connectivity index (χ2n) is 4.04. The van der Waals surface area contributed by atoms with Gasteiger partial charge >= 0.3 is 0 Å². The van der Waals surface area contributed by atoms with E-state index in [1.165, 1.54) is 4.88 Å². The van der Waals surface area contributed by atoms with Crippen molar-refractivity contribution < 1.29 is 9.59 Å². The minimum atomic E-state index is -0.547. The number of amides is 2. The van der Waals surface area contributed by atoms with E-state index in [1.807, 2.05) is 17.5 Å². The van der Waals surface area contributed by atoms with Gasteiger partial charge in [0, 0.05) is 11.3 Å². The SMILES string of the molecule is NC(=O)c1ccccc1NC(=O)CCc1cccs1. The van der Waals surface area contributed by atoms with Crippen molar-refractivity contribution in [2.75, 3.05) is 5.32 Å². The van der Waals surface area contributed by atoms with Crippen LogP contribution in [-0.4, -0.2) is 11.8 Å². The predicted molar refractivity (Wildman–Crippen MR) is 76.2 cm³/mol. The summed E-state index contributed by atoms with van der Waals surface area (Å²) < 4.78 is 0. The number of hydrogen-bond acceptors (Lipinski definition) is 3. The summed E-state index contributed by atoms with van der Waals surface area (Å²) in [5.74, 6) is -0.670. The van der Waals surface area contributed by atoms with Gasteiger partial charge in [0.05, 0.1) is 11.3 Å².